The van der Waals surface area contributed by atoms with E-state index in [9.17, 15) is 4.79 Å². The molecule has 0 amide bonds. The summed E-state index contributed by atoms with van der Waals surface area (Å²) < 4.78 is 1.04. The number of rotatable bonds is 2. The lowest BCUT2D eigenvalue weighted by Gasteiger charge is -2.16. The molecule has 3 heterocycles. The van der Waals surface area contributed by atoms with E-state index < -0.39 is 5.97 Å². The van der Waals surface area contributed by atoms with Gasteiger partial charge in [-0.25, -0.2) is 9.97 Å². The number of aromatic nitrogens is 2. The average molecular weight is 249 g/mol. The van der Waals surface area contributed by atoms with Gasteiger partial charge in [0.15, 0.2) is 0 Å². The summed E-state index contributed by atoms with van der Waals surface area (Å²) in [6.45, 7) is 1.29. The quantitative estimate of drug-likeness (QED) is 0.875. The van der Waals surface area contributed by atoms with Gasteiger partial charge in [-0.2, -0.15) is 0 Å². The van der Waals surface area contributed by atoms with Crippen molar-refractivity contribution in [2.75, 3.05) is 18.0 Å². The minimum Gasteiger partial charge on any atom is -0.481 e. The minimum atomic E-state index is -0.719. The number of carbonyl (C=O) groups is 1. The maximum absolute atomic E-state index is 10.9. The van der Waals surface area contributed by atoms with Crippen LogP contribution < -0.4 is 4.90 Å². The van der Waals surface area contributed by atoms with Gasteiger partial charge in [-0.3, -0.25) is 4.79 Å². The summed E-state index contributed by atoms with van der Waals surface area (Å²) in [7, 11) is 0. The Hall–Kier alpha value is -1.69. The van der Waals surface area contributed by atoms with E-state index in [4.69, 9.17) is 5.11 Å². The lowest BCUT2D eigenvalue weighted by atomic mass is 10.1. The Kier molecular flexibility index (Phi) is 2.44. The van der Waals surface area contributed by atoms with E-state index >= 15 is 0 Å². The van der Waals surface area contributed by atoms with Crippen molar-refractivity contribution in [1.29, 1.82) is 0 Å². The third-order valence-electron chi connectivity index (χ3n) is 3.06. The summed E-state index contributed by atoms with van der Waals surface area (Å²) >= 11 is 1.60. The molecule has 0 aliphatic carbocycles. The largest absolute Gasteiger partial charge is 0.481 e. The number of hydrogen-bond acceptors (Lipinski definition) is 5. The third kappa shape index (κ3) is 1.74. The SMILES string of the molecule is O=C(O)C1CCN(c2ncnc3ccsc23)C1. The molecule has 0 saturated carbocycles. The highest BCUT2D eigenvalue weighted by Gasteiger charge is 2.29. The lowest BCUT2D eigenvalue weighted by Crippen LogP contribution is -2.23. The summed E-state index contributed by atoms with van der Waals surface area (Å²) in [4.78, 5) is 21.4. The van der Waals surface area contributed by atoms with Crippen molar-refractivity contribution in [2.45, 2.75) is 6.42 Å². The van der Waals surface area contributed by atoms with Crippen molar-refractivity contribution in [2.24, 2.45) is 5.92 Å². The van der Waals surface area contributed by atoms with Crippen molar-refractivity contribution in [3.05, 3.63) is 17.8 Å². The van der Waals surface area contributed by atoms with Gasteiger partial charge < -0.3 is 10.0 Å². The molecule has 0 radical (unpaired) electrons. The van der Waals surface area contributed by atoms with Crippen LogP contribution in [0.5, 0.6) is 0 Å². The van der Waals surface area contributed by atoms with Crippen LogP contribution in [-0.2, 0) is 4.79 Å². The number of anilines is 1. The van der Waals surface area contributed by atoms with E-state index in [-0.39, 0.29) is 5.92 Å². The monoisotopic (exact) mass is 249 g/mol. The molecule has 1 atom stereocenters. The van der Waals surface area contributed by atoms with E-state index in [0.717, 1.165) is 22.6 Å². The topological polar surface area (TPSA) is 66.3 Å². The molecule has 88 valence electrons. The molecule has 1 aliphatic heterocycles. The standard InChI is InChI=1S/C11H11N3O2S/c15-11(16)7-1-3-14(5-7)10-9-8(2-4-17-9)12-6-13-10/h2,4,6-7H,1,3,5H2,(H,15,16). The smallest absolute Gasteiger partial charge is 0.308 e. The molecular formula is C11H11N3O2S. The molecule has 1 unspecified atom stereocenters. The number of aliphatic carboxylic acids is 1. The summed E-state index contributed by atoms with van der Waals surface area (Å²) in [5.74, 6) is -0.127. The molecule has 2 aromatic heterocycles. The Labute approximate surface area is 102 Å². The first-order valence-electron chi connectivity index (χ1n) is 5.41. The molecular weight excluding hydrogens is 238 g/mol. The Morgan fingerprint density at radius 1 is 1.53 bits per heavy atom. The first kappa shape index (κ1) is 10.5. The molecule has 1 fully saturated rings. The molecule has 1 N–H and O–H groups in total. The van der Waals surface area contributed by atoms with Crippen LogP contribution in [0, 0.1) is 5.92 Å². The van der Waals surface area contributed by atoms with Crippen molar-refractivity contribution in [3.8, 4) is 0 Å². The van der Waals surface area contributed by atoms with Crippen LogP contribution in [0.2, 0.25) is 0 Å². The summed E-state index contributed by atoms with van der Waals surface area (Å²) in [6.07, 6.45) is 2.23. The zero-order valence-corrected chi connectivity index (χ0v) is 9.85. The van der Waals surface area contributed by atoms with Crippen molar-refractivity contribution in [1.82, 2.24) is 9.97 Å². The van der Waals surface area contributed by atoms with Crippen LogP contribution in [0.15, 0.2) is 17.8 Å². The number of carboxylic acids is 1. The van der Waals surface area contributed by atoms with Gasteiger partial charge in [0.05, 0.1) is 16.1 Å². The van der Waals surface area contributed by atoms with Gasteiger partial charge >= 0.3 is 5.97 Å². The Bertz CT molecular complexity index is 569. The second-order valence-corrected chi connectivity index (χ2v) is 5.02. The fraction of sp³-hybridized carbons (Fsp3) is 0.364. The molecule has 0 bridgehead atoms. The number of thiophene rings is 1. The molecule has 5 nitrogen and oxygen atoms in total. The normalized spacial score (nSPS) is 20.0. The average Bonchev–Trinajstić information content (AvgIpc) is 2.97. The van der Waals surface area contributed by atoms with Gasteiger partial charge in [-0.15, -0.1) is 11.3 Å². The van der Waals surface area contributed by atoms with Crippen LogP contribution in [0.25, 0.3) is 10.2 Å². The van der Waals surface area contributed by atoms with Gasteiger partial charge in [0, 0.05) is 13.1 Å². The Morgan fingerprint density at radius 2 is 2.41 bits per heavy atom. The molecule has 0 spiro atoms. The molecule has 1 aliphatic rings. The summed E-state index contributed by atoms with van der Waals surface area (Å²) in [5, 5.41) is 11.0. The van der Waals surface area contributed by atoms with Gasteiger partial charge in [0.1, 0.15) is 12.1 Å². The molecule has 17 heavy (non-hydrogen) atoms. The maximum atomic E-state index is 10.9. The molecule has 3 rings (SSSR count). The van der Waals surface area contributed by atoms with E-state index in [0.29, 0.717) is 13.0 Å². The van der Waals surface area contributed by atoms with E-state index in [1.165, 1.54) is 0 Å². The van der Waals surface area contributed by atoms with Crippen LogP contribution in [0.1, 0.15) is 6.42 Å². The molecule has 2 aromatic rings. The molecule has 1 saturated heterocycles. The summed E-state index contributed by atoms with van der Waals surface area (Å²) in [5.41, 5.74) is 0.929. The van der Waals surface area contributed by atoms with Gasteiger partial charge in [-0.1, -0.05) is 0 Å². The second kappa shape index (κ2) is 3.96. The van der Waals surface area contributed by atoms with Crippen molar-refractivity contribution in [3.63, 3.8) is 0 Å². The zero-order chi connectivity index (χ0) is 11.8. The number of hydrogen-bond donors (Lipinski definition) is 1. The van der Waals surface area contributed by atoms with Gasteiger partial charge in [0.2, 0.25) is 0 Å². The highest BCUT2D eigenvalue weighted by atomic mass is 32.1. The van der Waals surface area contributed by atoms with Crippen LogP contribution >= 0.6 is 11.3 Å². The molecule has 6 heteroatoms. The predicted molar refractivity (Wildman–Crippen MR) is 65.4 cm³/mol. The predicted octanol–water partition coefficient (Wildman–Crippen LogP) is 1.60. The van der Waals surface area contributed by atoms with E-state index in [1.54, 1.807) is 17.7 Å². The van der Waals surface area contributed by atoms with Gasteiger partial charge in [-0.05, 0) is 17.9 Å². The number of nitrogens with zero attached hydrogens (tertiary/aromatic N) is 3. The van der Waals surface area contributed by atoms with Crippen molar-refractivity contribution >= 4 is 33.3 Å². The first-order valence-corrected chi connectivity index (χ1v) is 6.29. The lowest BCUT2D eigenvalue weighted by molar-refractivity contribution is -0.140. The minimum absolute atomic E-state index is 0.278. The van der Waals surface area contributed by atoms with Crippen LogP contribution in [0.3, 0.4) is 0 Å². The fourth-order valence-electron chi connectivity index (χ4n) is 2.16. The van der Waals surface area contributed by atoms with Crippen LogP contribution in [0.4, 0.5) is 5.82 Å². The third-order valence-corrected chi connectivity index (χ3v) is 3.96. The summed E-state index contributed by atoms with van der Waals surface area (Å²) in [6, 6.07) is 1.95. The highest BCUT2D eigenvalue weighted by Crippen LogP contribution is 2.31. The maximum Gasteiger partial charge on any atom is 0.308 e. The Morgan fingerprint density at radius 3 is 3.18 bits per heavy atom. The number of fused-ring (bicyclic) bond motifs is 1. The first-order chi connectivity index (χ1) is 8.25. The Balaban J connectivity index is 1.95. The number of carboxylic acid groups (broad SMARTS) is 1. The second-order valence-electron chi connectivity index (χ2n) is 4.10. The molecule has 0 aromatic carbocycles. The van der Waals surface area contributed by atoms with Crippen molar-refractivity contribution < 1.29 is 9.90 Å². The highest BCUT2D eigenvalue weighted by molar-refractivity contribution is 7.17. The van der Waals surface area contributed by atoms with Gasteiger partial charge in [0.25, 0.3) is 0 Å². The van der Waals surface area contributed by atoms with E-state index in [2.05, 4.69) is 9.97 Å². The van der Waals surface area contributed by atoms with E-state index in [1.807, 2.05) is 16.3 Å². The fourth-order valence-corrected chi connectivity index (χ4v) is 3.02. The zero-order valence-electron chi connectivity index (χ0n) is 9.04. The van der Waals surface area contributed by atoms with Crippen LogP contribution in [-0.4, -0.2) is 34.1 Å².